The maximum Gasteiger partial charge on any atom is 0.338 e. The fraction of sp³-hybridized carbons (Fsp3) is 0.269. The fourth-order valence-corrected chi connectivity index (χ4v) is 5.23. The molecule has 35 heavy (non-hydrogen) atoms. The number of carbonyl (C=O) groups excluding carboxylic acids is 1. The minimum absolute atomic E-state index is 0.109. The van der Waals surface area contributed by atoms with E-state index in [0.717, 1.165) is 11.3 Å². The number of aromatic nitrogens is 1. The second-order valence-corrected chi connectivity index (χ2v) is 9.77. The normalized spacial score (nSPS) is 15.6. The Labute approximate surface area is 211 Å². The molecule has 182 valence electrons. The molecule has 0 saturated carbocycles. The Hall–Kier alpha value is -3.36. The standard InChI is InChI=1S/C26H26ClN3O4S/c1-5-34-25(33)22-15(2)28-26-30(23(22)16-6-10-19(11-7-16)29(3)4)24(32)21(35-26)13-8-17-14-18(27)9-12-20(17)31/h6-7,9-14,23,31H,5,8H2,1-4H3/b21-13-. The average molecular weight is 512 g/mol. The Balaban J connectivity index is 1.86. The number of allylic oxidation sites excluding steroid dienone is 1. The molecule has 1 unspecified atom stereocenters. The number of benzene rings is 2. The number of halogens is 1. The Morgan fingerprint density at radius 1 is 1.26 bits per heavy atom. The SMILES string of the molecule is CCOC(=O)C1=C(C)N=c2s/c(=C\Cc3cc(Cl)ccc3O)c(=O)n2C1c1ccc(N(C)C)cc1. The van der Waals surface area contributed by atoms with Crippen molar-refractivity contribution < 1.29 is 14.6 Å². The van der Waals surface area contributed by atoms with E-state index < -0.39 is 12.0 Å². The number of carbonyl (C=O) groups is 1. The molecular formula is C26H26ClN3O4S. The summed E-state index contributed by atoms with van der Waals surface area (Å²) in [5.41, 5.74) is 3.00. The van der Waals surface area contributed by atoms with Crippen molar-refractivity contribution in [3.63, 3.8) is 0 Å². The number of phenolic OH excluding ortho intramolecular Hbond substituents is 1. The zero-order chi connectivity index (χ0) is 25.3. The predicted molar refractivity (Wildman–Crippen MR) is 139 cm³/mol. The highest BCUT2D eigenvalue weighted by molar-refractivity contribution is 7.07. The summed E-state index contributed by atoms with van der Waals surface area (Å²) in [4.78, 5) is 33.6. The van der Waals surface area contributed by atoms with Crippen molar-refractivity contribution in [2.45, 2.75) is 26.3 Å². The number of fused-ring (bicyclic) bond motifs is 1. The third kappa shape index (κ3) is 4.90. The number of ether oxygens (including phenoxy) is 1. The van der Waals surface area contributed by atoms with Crippen molar-refractivity contribution >= 4 is 40.7 Å². The summed E-state index contributed by atoms with van der Waals surface area (Å²) in [6.45, 7) is 3.72. The van der Waals surface area contributed by atoms with Crippen LogP contribution in [0.25, 0.3) is 6.08 Å². The molecule has 0 amide bonds. The van der Waals surface area contributed by atoms with Gasteiger partial charge in [-0.3, -0.25) is 9.36 Å². The molecule has 0 saturated heterocycles. The number of phenols is 1. The van der Waals surface area contributed by atoms with E-state index in [2.05, 4.69) is 4.99 Å². The summed E-state index contributed by atoms with van der Waals surface area (Å²) in [5.74, 6) is -0.383. The van der Waals surface area contributed by atoms with Gasteiger partial charge in [0.2, 0.25) is 0 Å². The molecule has 1 N–H and O–H groups in total. The van der Waals surface area contributed by atoms with Gasteiger partial charge < -0.3 is 14.7 Å². The first-order valence-corrected chi connectivity index (χ1v) is 12.3. The number of esters is 1. The van der Waals surface area contributed by atoms with Crippen LogP contribution in [0.2, 0.25) is 5.02 Å². The van der Waals surface area contributed by atoms with Crippen LogP contribution in [0.3, 0.4) is 0 Å². The first-order chi connectivity index (χ1) is 16.7. The summed E-state index contributed by atoms with van der Waals surface area (Å²) in [7, 11) is 3.90. The maximum atomic E-state index is 13.6. The second-order valence-electron chi connectivity index (χ2n) is 8.33. The Morgan fingerprint density at radius 3 is 2.63 bits per heavy atom. The molecule has 0 bridgehead atoms. The van der Waals surface area contributed by atoms with E-state index in [1.807, 2.05) is 43.3 Å². The summed E-state index contributed by atoms with van der Waals surface area (Å²) >= 11 is 7.31. The third-order valence-corrected chi connectivity index (χ3v) is 7.06. The fourth-order valence-electron chi connectivity index (χ4n) is 4.02. The molecule has 0 aliphatic carbocycles. The van der Waals surface area contributed by atoms with Crippen molar-refractivity contribution in [2.75, 3.05) is 25.6 Å². The van der Waals surface area contributed by atoms with Crippen LogP contribution >= 0.6 is 22.9 Å². The van der Waals surface area contributed by atoms with Gasteiger partial charge in [-0.1, -0.05) is 41.1 Å². The summed E-state index contributed by atoms with van der Waals surface area (Å²) < 4.78 is 7.35. The van der Waals surface area contributed by atoms with Crippen molar-refractivity contribution in [2.24, 2.45) is 4.99 Å². The van der Waals surface area contributed by atoms with E-state index in [1.165, 1.54) is 17.4 Å². The number of anilines is 1. The molecule has 0 spiro atoms. The van der Waals surface area contributed by atoms with Gasteiger partial charge >= 0.3 is 5.97 Å². The Bertz CT molecular complexity index is 1490. The van der Waals surface area contributed by atoms with E-state index in [0.29, 0.717) is 37.6 Å². The Morgan fingerprint density at radius 2 is 1.97 bits per heavy atom. The predicted octanol–water partition coefficient (Wildman–Crippen LogP) is 3.42. The van der Waals surface area contributed by atoms with Gasteiger partial charge in [0.05, 0.1) is 28.5 Å². The molecule has 1 atom stereocenters. The molecule has 4 rings (SSSR count). The maximum absolute atomic E-state index is 13.6. The van der Waals surface area contributed by atoms with Crippen LogP contribution < -0.4 is 19.8 Å². The van der Waals surface area contributed by atoms with Crippen molar-refractivity contribution in [3.05, 3.63) is 89.6 Å². The minimum atomic E-state index is -0.664. The van der Waals surface area contributed by atoms with Gasteiger partial charge in [0, 0.05) is 24.8 Å². The van der Waals surface area contributed by atoms with E-state index in [9.17, 15) is 14.7 Å². The van der Waals surface area contributed by atoms with Gasteiger partial charge in [0.15, 0.2) is 4.80 Å². The smallest absolute Gasteiger partial charge is 0.338 e. The van der Waals surface area contributed by atoms with Crippen molar-refractivity contribution in [1.29, 1.82) is 0 Å². The minimum Gasteiger partial charge on any atom is -0.508 e. The molecule has 1 aliphatic heterocycles. The van der Waals surface area contributed by atoms with Gasteiger partial charge in [-0.05, 0) is 61.7 Å². The second kappa shape index (κ2) is 10.1. The molecule has 7 nitrogen and oxygen atoms in total. The van der Waals surface area contributed by atoms with Crippen LogP contribution in [-0.2, 0) is 16.0 Å². The van der Waals surface area contributed by atoms with Crippen LogP contribution in [0, 0.1) is 0 Å². The lowest BCUT2D eigenvalue weighted by Crippen LogP contribution is -2.40. The average Bonchev–Trinajstić information content (AvgIpc) is 3.13. The Kier molecular flexibility index (Phi) is 7.14. The number of thiazole rings is 1. The van der Waals surface area contributed by atoms with Crippen LogP contribution in [0.1, 0.15) is 31.0 Å². The first kappa shape index (κ1) is 24.8. The quantitative estimate of drug-likeness (QED) is 0.513. The number of rotatable bonds is 6. The van der Waals surface area contributed by atoms with E-state index in [-0.39, 0.29) is 17.9 Å². The number of aromatic hydroxyl groups is 1. The molecule has 0 radical (unpaired) electrons. The van der Waals surface area contributed by atoms with Crippen LogP contribution in [-0.4, -0.2) is 36.3 Å². The van der Waals surface area contributed by atoms with E-state index in [1.54, 1.807) is 36.6 Å². The molecule has 0 fully saturated rings. The third-order valence-electron chi connectivity index (χ3n) is 5.79. The lowest BCUT2D eigenvalue weighted by molar-refractivity contribution is -0.139. The largest absolute Gasteiger partial charge is 0.508 e. The van der Waals surface area contributed by atoms with Crippen LogP contribution in [0.5, 0.6) is 5.75 Å². The van der Waals surface area contributed by atoms with Crippen LogP contribution in [0.15, 0.2) is 63.5 Å². The zero-order valence-corrected chi connectivity index (χ0v) is 21.5. The van der Waals surface area contributed by atoms with E-state index >= 15 is 0 Å². The van der Waals surface area contributed by atoms with Gasteiger partial charge in [-0.2, -0.15) is 0 Å². The topological polar surface area (TPSA) is 84.1 Å². The van der Waals surface area contributed by atoms with Crippen molar-refractivity contribution in [1.82, 2.24) is 4.57 Å². The molecule has 3 aromatic rings. The lowest BCUT2D eigenvalue weighted by Gasteiger charge is -2.25. The molecule has 1 aromatic heterocycles. The summed E-state index contributed by atoms with van der Waals surface area (Å²) in [5, 5.41) is 10.6. The first-order valence-electron chi connectivity index (χ1n) is 11.1. The van der Waals surface area contributed by atoms with Gasteiger partial charge in [0.25, 0.3) is 5.56 Å². The summed E-state index contributed by atoms with van der Waals surface area (Å²) in [6.07, 6.45) is 2.08. The van der Waals surface area contributed by atoms with E-state index in [4.69, 9.17) is 16.3 Å². The molecule has 1 aliphatic rings. The number of hydrogen-bond donors (Lipinski definition) is 1. The molecule has 2 heterocycles. The van der Waals surface area contributed by atoms with Gasteiger partial charge in [-0.15, -0.1) is 0 Å². The molecule has 2 aromatic carbocycles. The highest BCUT2D eigenvalue weighted by Crippen LogP contribution is 2.31. The van der Waals surface area contributed by atoms with Crippen molar-refractivity contribution in [3.8, 4) is 5.75 Å². The summed E-state index contributed by atoms with van der Waals surface area (Å²) in [6, 6.07) is 11.9. The van der Waals surface area contributed by atoms with Crippen LogP contribution in [0.4, 0.5) is 5.69 Å². The number of nitrogens with zero attached hydrogens (tertiary/aromatic N) is 3. The molecular weight excluding hydrogens is 486 g/mol. The highest BCUT2D eigenvalue weighted by atomic mass is 35.5. The molecule has 9 heteroatoms. The van der Waals surface area contributed by atoms with Gasteiger partial charge in [-0.25, -0.2) is 9.79 Å². The monoisotopic (exact) mass is 511 g/mol. The van der Waals surface area contributed by atoms with Gasteiger partial charge in [0.1, 0.15) is 5.75 Å². The zero-order valence-electron chi connectivity index (χ0n) is 19.9. The number of hydrogen-bond acceptors (Lipinski definition) is 7. The highest BCUT2D eigenvalue weighted by Gasteiger charge is 2.33. The lowest BCUT2D eigenvalue weighted by atomic mass is 9.95.